The molecule has 1 aliphatic carbocycles. The van der Waals surface area contributed by atoms with Gasteiger partial charge in [-0.05, 0) is 46.1 Å². The lowest BCUT2D eigenvalue weighted by Crippen LogP contribution is -2.32. The maximum absolute atomic E-state index is 13.1. The van der Waals surface area contributed by atoms with Crippen LogP contribution in [0, 0.1) is 18.3 Å². The van der Waals surface area contributed by atoms with Crippen molar-refractivity contribution in [3.8, 4) is 6.07 Å². The number of esters is 1. The Hall–Kier alpha value is -3.33. The number of ether oxygens (including phenoxy) is 1. The molecule has 1 aromatic heterocycles. The van der Waals surface area contributed by atoms with E-state index in [4.69, 9.17) is 9.15 Å². The fourth-order valence-corrected chi connectivity index (χ4v) is 3.97. The van der Waals surface area contributed by atoms with Crippen LogP contribution in [0.4, 0.5) is 0 Å². The zero-order chi connectivity index (χ0) is 20.7. The highest BCUT2D eigenvalue weighted by atomic mass is 16.5. The molecule has 0 spiro atoms. The summed E-state index contributed by atoms with van der Waals surface area (Å²) in [7, 11) is 0. The molecule has 6 heteroatoms. The van der Waals surface area contributed by atoms with Crippen LogP contribution in [0.15, 0.2) is 56.0 Å². The fraction of sp³-hybridized carbons (Fsp3) is 0.348. The molecule has 6 nitrogen and oxygen atoms in total. The van der Waals surface area contributed by atoms with Gasteiger partial charge in [0.2, 0.25) is 0 Å². The first-order chi connectivity index (χ1) is 13.9. The van der Waals surface area contributed by atoms with Crippen molar-refractivity contribution >= 4 is 16.9 Å². The van der Waals surface area contributed by atoms with Gasteiger partial charge in [0.15, 0.2) is 5.43 Å². The van der Waals surface area contributed by atoms with Gasteiger partial charge in [-0.15, -0.1) is 0 Å². The highest BCUT2D eigenvalue weighted by Gasteiger charge is 2.37. The molecule has 1 atom stereocenters. The minimum Gasteiger partial charge on any atom is -0.461 e. The Bertz CT molecular complexity index is 1180. The van der Waals surface area contributed by atoms with Crippen molar-refractivity contribution in [1.29, 1.82) is 5.26 Å². The van der Waals surface area contributed by atoms with Crippen LogP contribution in [0.2, 0.25) is 0 Å². The minimum absolute atomic E-state index is 0.0753. The molecule has 29 heavy (non-hydrogen) atoms. The van der Waals surface area contributed by atoms with Gasteiger partial charge in [-0.2, -0.15) is 5.26 Å². The molecule has 1 fully saturated rings. The second-order valence-corrected chi connectivity index (χ2v) is 7.65. The first-order valence-electron chi connectivity index (χ1n) is 9.73. The fourth-order valence-electron chi connectivity index (χ4n) is 3.97. The lowest BCUT2D eigenvalue weighted by molar-refractivity contribution is -0.148. The summed E-state index contributed by atoms with van der Waals surface area (Å²) in [6.07, 6.45) is 2.69. The van der Waals surface area contributed by atoms with Crippen molar-refractivity contribution in [2.24, 2.45) is 0 Å². The Morgan fingerprint density at radius 2 is 2.00 bits per heavy atom. The third-order valence-corrected chi connectivity index (χ3v) is 5.65. The van der Waals surface area contributed by atoms with Crippen molar-refractivity contribution in [3.05, 3.63) is 68.4 Å². The van der Waals surface area contributed by atoms with Crippen LogP contribution in [0.25, 0.3) is 11.0 Å². The summed E-state index contributed by atoms with van der Waals surface area (Å²) < 4.78 is 11.6. The summed E-state index contributed by atoms with van der Waals surface area (Å²) in [5.74, 6) is -0.623. The van der Waals surface area contributed by atoms with Gasteiger partial charge in [0.05, 0.1) is 28.5 Å². The lowest BCUT2D eigenvalue weighted by atomic mass is 9.80. The number of allylic oxidation sites excluding steroid dienone is 3. The smallest absolute Gasteiger partial charge is 0.337 e. The number of benzene rings is 1. The molecule has 0 saturated heterocycles. The number of nitrogens with one attached hydrogen (secondary N) is 1. The summed E-state index contributed by atoms with van der Waals surface area (Å²) in [6.45, 7) is 5.31. The monoisotopic (exact) mass is 390 g/mol. The van der Waals surface area contributed by atoms with E-state index in [9.17, 15) is 14.9 Å². The molecule has 1 unspecified atom stereocenters. The van der Waals surface area contributed by atoms with Crippen molar-refractivity contribution in [2.75, 3.05) is 0 Å². The second-order valence-electron chi connectivity index (χ2n) is 7.65. The average Bonchev–Trinajstić information content (AvgIpc) is 2.63. The summed E-state index contributed by atoms with van der Waals surface area (Å²) in [6, 6.07) is 8.92. The molecule has 0 bridgehead atoms. The van der Waals surface area contributed by atoms with E-state index in [1.54, 1.807) is 39.0 Å². The standard InChI is InChI=1S/C23H22N2O4/c1-12-10-19(26)16-8-5-9-17(22(16)28-12)21-18(11-24)13(2)25-14(3)20(21)23(27)29-15-6-4-7-15/h5,8-10,15,21,25H,4,6-7H2,1-3H3. The number of hydrogen-bond donors (Lipinski definition) is 1. The highest BCUT2D eigenvalue weighted by molar-refractivity contribution is 5.95. The van der Waals surface area contributed by atoms with Gasteiger partial charge in [0.25, 0.3) is 0 Å². The highest BCUT2D eigenvalue weighted by Crippen LogP contribution is 2.41. The number of nitriles is 1. The van der Waals surface area contributed by atoms with Crippen LogP contribution in [0.3, 0.4) is 0 Å². The zero-order valence-electron chi connectivity index (χ0n) is 16.7. The number of nitrogens with zero attached hydrogens (tertiary/aromatic N) is 1. The largest absolute Gasteiger partial charge is 0.461 e. The van der Waals surface area contributed by atoms with Gasteiger partial charge in [-0.25, -0.2) is 4.79 Å². The van der Waals surface area contributed by atoms with Gasteiger partial charge in [0.1, 0.15) is 17.4 Å². The van der Waals surface area contributed by atoms with Crippen LogP contribution >= 0.6 is 0 Å². The topological polar surface area (TPSA) is 92.3 Å². The molecule has 2 aliphatic rings. The number of fused-ring (bicyclic) bond motifs is 1. The normalized spacial score (nSPS) is 19.6. The van der Waals surface area contributed by atoms with E-state index in [1.807, 2.05) is 0 Å². The van der Waals surface area contributed by atoms with Gasteiger partial charge < -0.3 is 14.5 Å². The van der Waals surface area contributed by atoms with Gasteiger partial charge >= 0.3 is 5.97 Å². The molecule has 1 saturated carbocycles. The average molecular weight is 390 g/mol. The SMILES string of the molecule is CC1=C(C#N)C(c2cccc3c(=O)cc(C)oc23)C(C(=O)OC2CCC2)=C(C)N1. The van der Waals surface area contributed by atoms with E-state index in [2.05, 4.69) is 11.4 Å². The van der Waals surface area contributed by atoms with E-state index in [0.29, 0.717) is 44.8 Å². The number of aryl methyl sites for hydroxylation is 1. The Morgan fingerprint density at radius 3 is 2.66 bits per heavy atom. The lowest BCUT2D eigenvalue weighted by Gasteiger charge is -2.31. The molecule has 2 aromatic rings. The van der Waals surface area contributed by atoms with Crippen molar-refractivity contribution in [3.63, 3.8) is 0 Å². The quantitative estimate of drug-likeness (QED) is 0.798. The van der Waals surface area contributed by atoms with Crippen molar-refractivity contribution < 1.29 is 13.9 Å². The Kier molecular flexibility index (Phi) is 4.75. The van der Waals surface area contributed by atoms with E-state index < -0.39 is 11.9 Å². The van der Waals surface area contributed by atoms with Crippen LogP contribution in [0.5, 0.6) is 0 Å². The predicted molar refractivity (Wildman–Crippen MR) is 108 cm³/mol. The molecular weight excluding hydrogens is 368 g/mol. The predicted octanol–water partition coefficient (Wildman–Crippen LogP) is 3.96. The molecule has 1 N–H and O–H groups in total. The molecule has 4 rings (SSSR count). The molecule has 0 radical (unpaired) electrons. The zero-order valence-corrected chi connectivity index (χ0v) is 16.7. The van der Waals surface area contributed by atoms with Crippen LogP contribution < -0.4 is 10.7 Å². The van der Waals surface area contributed by atoms with Gasteiger partial charge in [0, 0.05) is 23.0 Å². The number of rotatable bonds is 3. The molecular formula is C23H22N2O4. The summed E-state index contributed by atoms with van der Waals surface area (Å²) in [5.41, 5.74) is 2.96. The van der Waals surface area contributed by atoms with E-state index in [0.717, 1.165) is 19.3 Å². The third kappa shape index (κ3) is 3.23. The number of dihydropyridines is 1. The van der Waals surface area contributed by atoms with E-state index in [1.165, 1.54) is 6.07 Å². The Morgan fingerprint density at radius 1 is 1.24 bits per heavy atom. The maximum Gasteiger partial charge on any atom is 0.337 e. The third-order valence-electron chi connectivity index (χ3n) is 5.65. The maximum atomic E-state index is 13.1. The van der Waals surface area contributed by atoms with Gasteiger partial charge in [-0.3, -0.25) is 4.79 Å². The first-order valence-corrected chi connectivity index (χ1v) is 9.73. The first kappa shape index (κ1) is 19.0. The molecule has 0 amide bonds. The second kappa shape index (κ2) is 7.25. The van der Waals surface area contributed by atoms with Crippen LogP contribution in [0.1, 0.15) is 50.4 Å². The molecule has 1 aromatic carbocycles. The Labute approximate surface area is 168 Å². The van der Waals surface area contributed by atoms with Gasteiger partial charge in [-0.1, -0.05) is 12.1 Å². The van der Waals surface area contributed by atoms with Crippen molar-refractivity contribution in [1.82, 2.24) is 5.32 Å². The molecule has 148 valence electrons. The Balaban J connectivity index is 1.93. The number of para-hydroxylation sites is 1. The molecule has 1 aliphatic heterocycles. The summed E-state index contributed by atoms with van der Waals surface area (Å²) in [4.78, 5) is 25.6. The summed E-state index contributed by atoms with van der Waals surface area (Å²) in [5, 5.41) is 13.4. The van der Waals surface area contributed by atoms with Crippen molar-refractivity contribution in [2.45, 2.75) is 52.1 Å². The number of carbonyl (C=O) groups is 1. The van der Waals surface area contributed by atoms with E-state index in [-0.39, 0.29) is 11.5 Å². The van der Waals surface area contributed by atoms with Crippen LogP contribution in [-0.2, 0) is 9.53 Å². The number of hydrogen-bond acceptors (Lipinski definition) is 6. The number of carbonyl (C=O) groups excluding carboxylic acids is 1. The van der Waals surface area contributed by atoms with Crippen LogP contribution in [-0.4, -0.2) is 12.1 Å². The summed E-state index contributed by atoms with van der Waals surface area (Å²) >= 11 is 0. The molecule has 2 heterocycles. The van der Waals surface area contributed by atoms with E-state index >= 15 is 0 Å². The minimum atomic E-state index is -0.664.